The second kappa shape index (κ2) is 22.4. The number of hydrogen-bond donors (Lipinski definition) is 0. The van der Waals surface area contributed by atoms with Gasteiger partial charge in [-0.3, -0.25) is 4.79 Å². The Labute approximate surface area is 324 Å². The maximum atomic E-state index is 13.0. The Morgan fingerprint density at radius 2 is 1.63 bits per heavy atom. The van der Waals surface area contributed by atoms with Crippen LogP contribution in [-0.2, 0) is 44.9 Å². The Kier molecular flexibility index (Phi) is 19.8. The molecule has 0 saturated carbocycles. The molecular weight excluding hydrogens is 740 g/mol. The summed E-state index contributed by atoms with van der Waals surface area (Å²) >= 11 is 3.65. The molecule has 10 heteroatoms. The van der Waals surface area contributed by atoms with Crippen LogP contribution in [0.15, 0.2) is 64.7 Å². The van der Waals surface area contributed by atoms with Crippen molar-refractivity contribution >= 4 is 30.2 Å². The van der Waals surface area contributed by atoms with E-state index in [1.165, 1.54) is 0 Å². The predicted molar refractivity (Wildman–Crippen MR) is 216 cm³/mol. The van der Waals surface area contributed by atoms with E-state index in [0.717, 1.165) is 33.3 Å². The Morgan fingerprint density at radius 1 is 0.942 bits per heavy atom. The van der Waals surface area contributed by atoms with E-state index in [4.69, 9.17) is 32.8 Å². The van der Waals surface area contributed by atoms with Gasteiger partial charge in [0, 0.05) is 42.2 Å². The summed E-state index contributed by atoms with van der Waals surface area (Å²) in [6.45, 7) is 24.0. The van der Waals surface area contributed by atoms with Crippen LogP contribution in [0.1, 0.15) is 92.2 Å². The number of methoxy groups -OCH3 is 2. The molecule has 0 aliphatic heterocycles. The number of benzene rings is 2. The van der Waals surface area contributed by atoms with Gasteiger partial charge < -0.3 is 32.8 Å². The number of rotatable bonds is 24. The van der Waals surface area contributed by atoms with Gasteiger partial charge in [-0.25, -0.2) is 0 Å². The van der Waals surface area contributed by atoms with Gasteiger partial charge in [-0.05, 0) is 72.4 Å². The lowest BCUT2D eigenvalue weighted by Gasteiger charge is -2.43. The minimum atomic E-state index is -2.28. The Hall–Kier alpha value is -2.05. The summed E-state index contributed by atoms with van der Waals surface area (Å²) in [7, 11) is 1.04. The summed E-state index contributed by atoms with van der Waals surface area (Å²) in [5.41, 5.74) is 2.75. The van der Waals surface area contributed by atoms with Gasteiger partial charge in [-0.1, -0.05) is 94.7 Å². The molecule has 0 aliphatic carbocycles. The molecule has 0 N–H and O–H groups in total. The fraction of sp³-hybridized carbons (Fsp3) is 0.643. The maximum absolute atomic E-state index is 13.0. The lowest BCUT2D eigenvalue weighted by Crippen LogP contribution is -2.48. The molecule has 0 aromatic heterocycles. The van der Waals surface area contributed by atoms with E-state index in [9.17, 15) is 4.79 Å². The number of ether oxygens (including phenoxy) is 6. The van der Waals surface area contributed by atoms with Crippen molar-refractivity contribution < 1.29 is 37.6 Å². The topological polar surface area (TPSA) is 81.7 Å². The van der Waals surface area contributed by atoms with Gasteiger partial charge in [0.05, 0.1) is 45.7 Å². The highest BCUT2D eigenvalue weighted by molar-refractivity contribution is 9.10. The summed E-state index contributed by atoms with van der Waals surface area (Å²) in [6.07, 6.45) is 3.63. The van der Waals surface area contributed by atoms with Crippen LogP contribution < -0.4 is 4.74 Å². The van der Waals surface area contributed by atoms with E-state index in [0.29, 0.717) is 45.7 Å². The number of carbonyl (C=O) groups is 1. The third-order valence-electron chi connectivity index (χ3n) is 10.2. The van der Waals surface area contributed by atoms with E-state index < -0.39 is 19.8 Å². The summed E-state index contributed by atoms with van der Waals surface area (Å²) in [5, 5.41) is -0.0268. The highest BCUT2D eigenvalue weighted by atomic mass is 79.9. The van der Waals surface area contributed by atoms with Gasteiger partial charge in [0.1, 0.15) is 18.6 Å². The number of hydrogen-bond acceptors (Lipinski definition) is 8. The molecule has 2 aromatic carbocycles. The number of carbonyl (C=O) groups excluding carboxylic acids is 1. The van der Waals surface area contributed by atoms with E-state index in [-0.39, 0.29) is 35.9 Å². The highest BCUT2D eigenvalue weighted by Crippen LogP contribution is 2.41. The molecular formula is C42H67BrO8Si. The summed E-state index contributed by atoms with van der Waals surface area (Å²) in [5.74, 6) is 0.753. The van der Waals surface area contributed by atoms with Crippen molar-refractivity contribution in [1.29, 1.82) is 0 Å². The Bertz CT molecular complexity index is 1350. The van der Waals surface area contributed by atoms with Crippen LogP contribution in [0.3, 0.4) is 0 Å². The lowest BCUT2D eigenvalue weighted by molar-refractivity contribution is -0.154. The molecule has 0 amide bonds. The van der Waals surface area contributed by atoms with Gasteiger partial charge in [0.2, 0.25) is 0 Å². The second-order valence-electron chi connectivity index (χ2n) is 15.7. The first-order valence-electron chi connectivity index (χ1n) is 18.7. The molecule has 0 fully saturated rings. The van der Waals surface area contributed by atoms with Crippen molar-refractivity contribution in [2.45, 2.75) is 130 Å². The van der Waals surface area contributed by atoms with Crippen LogP contribution in [0, 0.1) is 5.92 Å². The Morgan fingerprint density at radius 3 is 2.21 bits per heavy atom. The van der Waals surface area contributed by atoms with Gasteiger partial charge in [0.25, 0.3) is 0 Å². The van der Waals surface area contributed by atoms with Crippen LogP contribution in [-0.4, -0.2) is 73.4 Å². The third-order valence-corrected chi connectivity index (χ3v) is 15.3. The van der Waals surface area contributed by atoms with Crippen molar-refractivity contribution in [1.82, 2.24) is 0 Å². The largest absolute Gasteiger partial charge is 0.497 e. The molecule has 0 spiro atoms. The van der Waals surface area contributed by atoms with E-state index >= 15 is 0 Å². The molecule has 0 heterocycles. The zero-order valence-electron chi connectivity index (χ0n) is 34.0. The molecule has 52 heavy (non-hydrogen) atoms. The minimum absolute atomic E-state index is 0.0268. The molecule has 0 bridgehead atoms. The second-order valence-corrected chi connectivity index (χ2v) is 21.3. The van der Waals surface area contributed by atoms with E-state index in [1.54, 1.807) is 14.2 Å². The van der Waals surface area contributed by atoms with E-state index in [2.05, 4.69) is 95.7 Å². The van der Waals surface area contributed by atoms with Gasteiger partial charge in [-0.2, -0.15) is 0 Å². The first-order valence-corrected chi connectivity index (χ1v) is 22.4. The smallest absolute Gasteiger partial charge is 0.305 e. The van der Waals surface area contributed by atoms with Crippen LogP contribution in [0.5, 0.6) is 5.75 Å². The highest BCUT2D eigenvalue weighted by Gasteiger charge is 2.43. The molecule has 2 rings (SSSR count). The van der Waals surface area contributed by atoms with Crippen LogP contribution in [0.4, 0.5) is 0 Å². The lowest BCUT2D eigenvalue weighted by atomic mass is 9.76. The van der Waals surface area contributed by atoms with Crippen molar-refractivity contribution in [2.75, 3.05) is 40.8 Å². The van der Waals surface area contributed by atoms with E-state index in [1.807, 2.05) is 43.3 Å². The quantitative estimate of drug-likeness (QED) is 0.0341. The molecule has 8 nitrogen and oxygen atoms in total. The van der Waals surface area contributed by atoms with Gasteiger partial charge in [-0.15, -0.1) is 0 Å². The number of halogens is 1. The van der Waals surface area contributed by atoms with Crippen molar-refractivity contribution in [3.8, 4) is 5.75 Å². The molecule has 4 atom stereocenters. The zero-order valence-corrected chi connectivity index (χ0v) is 36.6. The summed E-state index contributed by atoms with van der Waals surface area (Å²) in [6, 6.07) is 16.2. The molecule has 0 aliphatic rings. The van der Waals surface area contributed by atoms with Crippen LogP contribution in [0.2, 0.25) is 18.1 Å². The van der Waals surface area contributed by atoms with Crippen molar-refractivity contribution in [2.24, 2.45) is 5.92 Å². The average molecular weight is 808 g/mol. The fourth-order valence-electron chi connectivity index (χ4n) is 5.60. The van der Waals surface area contributed by atoms with Gasteiger partial charge >= 0.3 is 5.97 Å². The third kappa shape index (κ3) is 15.4. The van der Waals surface area contributed by atoms with Crippen molar-refractivity contribution in [3.05, 3.63) is 75.8 Å². The molecule has 0 saturated heterocycles. The first kappa shape index (κ1) is 46.1. The predicted octanol–water partition coefficient (Wildman–Crippen LogP) is 10.4. The van der Waals surface area contributed by atoms with Gasteiger partial charge in [0.15, 0.2) is 8.32 Å². The minimum Gasteiger partial charge on any atom is -0.497 e. The normalized spacial score (nSPS) is 15.2. The SMILES string of the molecule is CCC(=O)OC(CC(CC(OCc1ccc(OC)cc1)C(C)=CC(CC)COCOCCOC)O[Si](C)(C)C(C)(C)C)C(C)(C)c1cccc(Br)c1. The van der Waals surface area contributed by atoms with Crippen molar-refractivity contribution in [3.63, 3.8) is 0 Å². The molecule has 294 valence electrons. The van der Waals surface area contributed by atoms with Crippen LogP contribution >= 0.6 is 15.9 Å². The molecule has 4 unspecified atom stereocenters. The number of esters is 1. The fourth-order valence-corrected chi connectivity index (χ4v) is 7.38. The first-order chi connectivity index (χ1) is 24.5. The maximum Gasteiger partial charge on any atom is 0.305 e. The monoisotopic (exact) mass is 806 g/mol. The summed E-state index contributed by atoms with van der Waals surface area (Å²) in [4.78, 5) is 13.0. The summed E-state index contributed by atoms with van der Waals surface area (Å²) < 4.78 is 43.3. The Balaban J connectivity index is 2.54. The standard InChI is InChI=1S/C42H67BrO8Si/c1-13-32(28-48-30-47-23-22-45-9)24-31(3)38(49-29-33-18-20-36(46-10)21-19-33)26-37(51-52(11,12)41(4,5)6)27-39(50-40(44)14-2)42(7,8)34-16-15-17-35(43)25-34/h15-21,24-25,32,37-39H,13-14,22-23,26-30H2,1-12H3. The van der Waals surface area contributed by atoms with Crippen LogP contribution in [0.25, 0.3) is 0 Å². The zero-order chi connectivity index (χ0) is 39.0. The molecule has 0 radical (unpaired) electrons. The molecule has 2 aromatic rings. The average Bonchev–Trinajstić information content (AvgIpc) is 3.09.